The van der Waals surface area contributed by atoms with E-state index in [1.54, 1.807) is 30.0 Å². The molecule has 78 valence electrons. The summed E-state index contributed by atoms with van der Waals surface area (Å²) in [4.78, 5) is 0. The Kier molecular flexibility index (Phi) is 4.98. The SMILES string of the molecule is CCCSCC(O)c1ccccc1F. The van der Waals surface area contributed by atoms with E-state index in [1.165, 1.54) is 6.07 Å². The van der Waals surface area contributed by atoms with Gasteiger partial charge in [0.15, 0.2) is 0 Å². The maximum Gasteiger partial charge on any atom is 0.129 e. The van der Waals surface area contributed by atoms with Crippen molar-refractivity contribution in [3.63, 3.8) is 0 Å². The van der Waals surface area contributed by atoms with E-state index in [-0.39, 0.29) is 5.82 Å². The molecular formula is C11H15FOS. The highest BCUT2D eigenvalue weighted by molar-refractivity contribution is 7.99. The molecule has 1 unspecified atom stereocenters. The molecule has 1 atom stereocenters. The van der Waals surface area contributed by atoms with E-state index in [9.17, 15) is 9.50 Å². The Bertz CT molecular complexity index is 278. The summed E-state index contributed by atoms with van der Waals surface area (Å²) in [5.74, 6) is 1.25. The summed E-state index contributed by atoms with van der Waals surface area (Å²) >= 11 is 1.65. The maximum atomic E-state index is 13.2. The van der Waals surface area contributed by atoms with Crippen molar-refractivity contribution >= 4 is 11.8 Å². The van der Waals surface area contributed by atoms with Gasteiger partial charge in [0.05, 0.1) is 6.10 Å². The van der Waals surface area contributed by atoms with Gasteiger partial charge in [-0.15, -0.1) is 0 Å². The van der Waals surface area contributed by atoms with Crippen molar-refractivity contribution in [3.05, 3.63) is 35.6 Å². The number of rotatable bonds is 5. The van der Waals surface area contributed by atoms with Gasteiger partial charge < -0.3 is 5.11 Å². The molecule has 0 bridgehead atoms. The van der Waals surface area contributed by atoms with Crippen molar-refractivity contribution in [3.8, 4) is 0 Å². The maximum absolute atomic E-state index is 13.2. The van der Waals surface area contributed by atoms with Gasteiger partial charge in [0, 0.05) is 11.3 Å². The normalized spacial score (nSPS) is 12.8. The van der Waals surface area contributed by atoms with Gasteiger partial charge in [0.1, 0.15) is 5.82 Å². The van der Waals surface area contributed by atoms with Crippen molar-refractivity contribution < 1.29 is 9.50 Å². The van der Waals surface area contributed by atoms with E-state index in [0.29, 0.717) is 11.3 Å². The van der Waals surface area contributed by atoms with E-state index >= 15 is 0 Å². The second-order valence-electron chi connectivity index (χ2n) is 3.11. The van der Waals surface area contributed by atoms with Crippen LogP contribution in [0.1, 0.15) is 25.0 Å². The molecule has 14 heavy (non-hydrogen) atoms. The van der Waals surface area contributed by atoms with E-state index in [2.05, 4.69) is 6.92 Å². The minimum Gasteiger partial charge on any atom is -0.387 e. The molecule has 0 aliphatic heterocycles. The summed E-state index contributed by atoms with van der Waals surface area (Å²) in [5.41, 5.74) is 0.399. The molecule has 0 aliphatic carbocycles. The minimum absolute atomic E-state index is 0.322. The predicted molar refractivity (Wildman–Crippen MR) is 59.0 cm³/mol. The first-order valence-electron chi connectivity index (χ1n) is 4.76. The van der Waals surface area contributed by atoms with E-state index < -0.39 is 6.10 Å². The highest BCUT2D eigenvalue weighted by Gasteiger charge is 2.11. The van der Waals surface area contributed by atoms with Crippen LogP contribution in [0.4, 0.5) is 4.39 Å². The summed E-state index contributed by atoms with van der Waals surface area (Å²) in [6.07, 6.45) is 0.391. The van der Waals surface area contributed by atoms with Crippen LogP contribution < -0.4 is 0 Å². The Morgan fingerprint density at radius 2 is 2.14 bits per heavy atom. The van der Waals surface area contributed by atoms with Gasteiger partial charge in [0.25, 0.3) is 0 Å². The summed E-state index contributed by atoms with van der Waals surface area (Å²) < 4.78 is 13.2. The molecule has 0 fully saturated rings. The average Bonchev–Trinajstić information content (AvgIpc) is 2.18. The van der Waals surface area contributed by atoms with Crippen LogP contribution in [0.5, 0.6) is 0 Å². The molecule has 0 heterocycles. The Balaban J connectivity index is 2.51. The van der Waals surface area contributed by atoms with Gasteiger partial charge in [-0.3, -0.25) is 0 Å². The van der Waals surface area contributed by atoms with Crippen LogP contribution in [-0.4, -0.2) is 16.6 Å². The van der Waals surface area contributed by atoms with Crippen LogP contribution in [0.3, 0.4) is 0 Å². The zero-order valence-electron chi connectivity index (χ0n) is 8.24. The standard InChI is InChI=1S/C11H15FOS/c1-2-7-14-8-11(13)9-5-3-4-6-10(9)12/h3-6,11,13H,2,7-8H2,1H3. The van der Waals surface area contributed by atoms with Crippen molar-refractivity contribution in [2.75, 3.05) is 11.5 Å². The third-order valence-corrected chi connectivity index (χ3v) is 3.14. The molecule has 0 aromatic heterocycles. The Labute approximate surface area is 88.3 Å². The summed E-state index contributed by atoms with van der Waals surface area (Å²) in [6, 6.07) is 6.38. The van der Waals surface area contributed by atoms with Crippen LogP contribution in [0.2, 0.25) is 0 Å². The zero-order valence-corrected chi connectivity index (χ0v) is 9.06. The van der Waals surface area contributed by atoms with Crippen molar-refractivity contribution in [1.29, 1.82) is 0 Å². The van der Waals surface area contributed by atoms with Gasteiger partial charge in [-0.2, -0.15) is 11.8 Å². The lowest BCUT2D eigenvalue weighted by atomic mass is 10.1. The Hall–Kier alpha value is -0.540. The first-order chi connectivity index (χ1) is 6.75. The van der Waals surface area contributed by atoms with Gasteiger partial charge in [0.2, 0.25) is 0 Å². The largest absolute Gasteiger partial charge is 0.387 e. The topological polar surface area (TPSA) is 20.2 Å². The highest BCUT2D eigenvalue weighted by Crippen LogP contribution is 2.20. The molecular weight excluding hydrogens is 199 g/mol. The monoisotopic (exact) mass is 214 g/mol. The second-order valence-corrected chi connectivity index (χ2v) is 4.26. The fourth-order valence-electron chi connectivity index (χ4n) is 1.17. The van der Waals surface area contributed by atoms with Crippen LogP contribution in [0, 0.1) is 5.82 Å². The number of aliphatic hydroxyl groups excluding tert-OH is 1. The van der Waals surface area contributed by atoms with E-state index in [1.807, 2.05) is 0 Å². The number of hydrogen-bond donors (Lipinski definition) is 1. The van der Waals surface area contributed by atoms with Crippen LogP contribution in [0.15, 0.2) is 24.3 Å². The van der Waals surface area contributed by atoms with Crippen LogP contribution in [0.25, 0.3) is 0 Å². The van der Waals surface area contributed by atoms with Crippen molar-refractivity contribution in [2.45, 2.75) is 19.4 Å². The van der Waals surface area contributed by atoms with Crippen molar-refractivity contribution in [2.24, 2.45) is 0 Å². The molecule has 3 heteroatoms. The molecule has 0 amide bonds. The molecule has 0 radical (unpaired) electrons. The van der Waals surface area contributed by atoms with Gasteiger partial charge in [-0.25, -0.2) is 4.39 Å². The number of halogens is 1. The molecule has 0 aliphatic rings. The van der Waals surface area contributed by atoms with E-state index in [4.69, 9.17) is 0 Å². The first kappa shape index (κ1) is 11.5. The Morgan fingerprint density at radius 1 is 1.43 bits per heavy atom. The van der Waals surface area contributed by atoms with E-state index in [0.717, 1.165) is 12.2 Å². The van der Waals surface area contributed by atoms with Crippen LogP contribution in [-0.2, 0) is 0 Å². The number of benzene rings is 1. The lowest BCUT2D eigenvalue weighted by Gasteiger charge is -2.10. The average molecular weight is 214 g/mol. The lowest BCUT2D eigenvalue weighted by molar-refractivity contribution is 0.199. The fraction of sp³-hybridized carbons (Fsp3) is 0.455. The van der Waals surface area contributed by atoms with Crippen molar-refractivity contribution in [1.82, 2.24) is 0 Å². The first-order valence-corrected chi connectivity index (χ1v) is 5.91. The lowest BCUT2D eigenvalue weighted by Crippen LogP contribution is -2.03. The third-order valence-electron chi connectivity index (χ3n) is 1.89. The number of thioether (sulfide) groups is 1. The molecule has 1 aromatic rings. The molecule has 1 nitrogen and oxygen atoms in total. The molecule has 1 aromatic carbocycles. The summed E-state index contributed by atoms with van der Waals surface area (Å²) in [5, 5.41) is 9.67. The van der Waals surface area contributed by atoms with Gasteiger partial charge in [-0.1, -0.05) is 25.1 Å². The van der Waals surface area contributed by atoms with Gasteiger partial charge in [-0.05, 0) is 18.2 Å². The highest BCUT2D eigenvalue weighted by atomic mass is 32.2. The number of aliphatic hydroxyl groups is 1. The molecule has 1 rings (SSSR count). The Morgan fingerprint density at radius 3 is 2.79 bits per heavy atom. The summed E-state index contributed by atoms with van der Waals surface area (Å²) in [7, 11) is 0. The molecule has 0 saturated carbocycles. The second kappa shape index (κ2) is 6.04. The minimum atomic E-state index is -0.687. The van der Waals surface area contributed by atoms with Gasteiger partial charge >= 0.3 is 0 Å². The molecule has 0 spiro atoms. The summed E-state index contributed by atoms with van der Waals surface area (Å²) in [6.45, 7) is 2.09. The smallest absolute Gasteiger partial charge is 0.129 e. The molecule has 0 saturated heterocycles. The number of hydrogen-bond acceptors (Lipinski definition) is 2. The third kappa shape index (κ3) is 3.31. The predicted octanol–water partition coefficient (Wildman–Crippen LogP) is 3.00. The molecule has 1 N–H and O–H groups in total. The quantitative estimate of drug-likeness (QED) is 0.760. The van der Waals surface area contributed by atoms with Crippen LogP contribution >= 0.6 is 11.8 Å². The fourth-order valence-corrected chi connectivity index (χ4v) is 2.03. The zero-order chi connectivity index (χ0) is 10.4.